The van der Waals surface area contributed by atoms with Crippen LogP contribution in [-0.2, 0) is 0 Å². The van der Waals surface area contributed by atoms with Gasteiger partial charge in [-0.2, -0.15) is 0 Å². The largest absolute Gasteiger partial charge is 0.0683 e. The summed E-state index contributed by atoms with van der Waals surface area (Å²) in [7, 11) is 0. The van der Waals surface area contributed by atoms with Gasteiger partial charge >= 0.3 is 0 Å². The normalized spacial score (nSPS) is 39.8. The average molecular weight is 224 g/mol. The second-order valence-corrected chi connectivity index (χ2v) is 5.85. The maximum absolute atomic E-state index is 2.51. The van der Waals surface area contributed by atoms with Crippen molar-refractivity contribution >= 4 is 0 Å². The van der Waals surface area contributed by atoms with Crippen LogP contribution in [0, 0.1) is 23.7 Å². The summed E-state index contributed by atoms with van der Waals surface area (Å²) in [5.74, 6) is 4.21. The summed E-state index contributed by atoms with van der Waals surface area (Å²) < 4.78 is 0. The Morgan fingerprint density at radius 1 is 0.562 bits per heavy atom. The summed E-state index contributed by atoms with van der Waals surface area (Å²) in [6.07, 6.45) is 12.1. The Bertz CT molecular complexity index is 153. The standard InChI is InChI=1S/C14H26.C2H6/c1-11-7-3-5-9-13(11)14-10-6-4-8-12(14)2;1-2/h11-14H,3-10H2,1-2H3;1-2H3. The van der Waals surface area contributed by atoms with Crippen LogP contribution in [0.2, 0.25) is 0 Å². The van der Waals surface area contributed by atoms with Crippen LogP contribution in [0.4, 0.5) is 0 Å². The molecule has 0 radical (unpaired) electrons. The Morgan fingerprint density at radius 3 is 1.19 bits per heavy atom. The lowest BCUT2D eigenvalue weighted by molar-refractivity contribution is 0.0974. The van der Waals surface area contributed by atoms with E-state index in [0.29, 0.717) is 0 Å². The molecule has 96 valence electrons. The third-order valence-corrected chi connectivity index (χ3v) is 4.91. The third kappa shape index (κ3) is 3.50. The van der Waals surface area contributed by atoms with E-state index in [1.165, 1.54) is 51.4 Å². The third-order valence-electron chi connectivity index (χ3n) is 4.91. The van der Waals surface area contributed by atoms with Crippen LogP contribution < -0.4 is 0 Å². The van der Waals surface area contributed by atoms with Crippen molar-refractivity contribution < 1.29 is 0 Å². The van der Waals surface area contributed by atoms with Crippen molar-refractivity contribution in [2.45, 2.75) is 79.1 Å². The lowest BCUT2D eigenvalue weighted by atomic mass is 9.65. The Hall–Kier alpha value is 0. The molecule has 0 heteroatoms. The van der Waals surface area contributed by atoms with Crippen molar-refractivity contribution in [3.8, 4) is 0 Å². The van der Waals surface area contributed by atoms with E-state index in [-0.39, 0.29) is 0 Å². The molecule has 2 saturated carbocycles. The summed E-state index contributed by atoms with van der Waals surface area (Å²) in [4.78, 5) is 0. The summed E-state index contributed by atoms with van der Waals surface area (Å²) in [5, 5.41) is 0. The second-order valence-electron chi connectivity index (χ2n) is 5.85. The van der Waals surface area contributed by atoms with E-state index in [1.807, 2.05) is 13.8 Å². The molecule has 2 rings (SSSR count). The zero-order valence-corrected chi connectivity index (χ0v) is 12.0. The van der Waals surface area contributed by atoms with Crippen molar-refractivity contribution in [2.24, 2.45) is 23.7 Å². The van der Waals surface area contributed by atoms with Crippen LogP contribution in [0.15, 0.2) is 0 Å². The fourth-order valence-corrected chi connectivity index (χ4v) is 3.96. The van der Waals surface area contributed by atoms with Crippen LogP contribution in [0.5, 0.6) is 0 Å². The number of hydrogen-bond donors (Lipinski definition) is 0. The first kappa shape index (κ1) is 14.1. The molecule has 0 aromatic carbocycles. The SMILES string of the molecule is CC.CC1CCCCC1C1CCCCC1C. The molecule has 0 aromatic heterocycles. The van der Waals surface area contributed by atoms with E-state index in [0.717, 1.165) is 23.7 Å². The van der Waals surface area contributed by atoms with Crippen LogP contribution in [-0.4, -0.2) is 0 Å². The summed E-state index contributed by atoms with van der Waals surface area (Å²) in [6.45, 7) is 9.01. The smallest absolute Gasteiger partial charge is 0.0358 e. The highest BCUT2D eigenvalue weighted by Gasteiger charge is 2.33. The molecule has 2 fully saturated rings. The molecule has 2 aliphatic rings. The minimum absolute atomic E-state index is 1.02. The molecule has 0 heterocycles. The highest BCUT2D eigenvalue weighted by atomic mass is 14.4. The van der Waals surface area contributed by atoms with Gasteiger partial charge in [-0.3, -0.25) is 0 Å². The molecule has 0 nitrogen and oxygen atoms in total. The van der Waals surface area contributed by atoms with Gasteiger partial charge < -0.3 is 0 Å². The molecule has 16 heavy (non-hydrogen) atoms. The van der Waals surface area contributed by atoms with Crippen molar-refractivity contribution in [3.05, 3.63) is 0 Å². The van der Waals surface area contributed by atoms with Gasteiger partial charge in [0.25, 0.3) is 0 Å². The fraction of sp³-hybridized carbons (Fsp3) is 1.00. The monoisotopic (exact) mass is 224 g/mol. The van der Waals surface area contributed by atoms with E-state index < -0.39 is 0 Å². The first-order chi connectivity index (χ1) is 7.79. The molecule has 0 bridgehead atoms. The van der Waals surface area contributed by atoms with Gasteiger partial charge in [0.1, 0.15) is 0 Å². The summed E-state index contributed by atoms with van der Waals surface area (Å²) >= 11 is 0. The van der Waals surface area contributed by atoms with E-state index >= 15 is 0 Å². The summed E-state index contributed by atoms with van der Waals surface area (Å²) in [6, 6.07) is 0. The Morgan fingerprint density at radius 2 is 0.875 bits per heavy atom. The van der Waals surface area contributed by atoms with Crippen molar-refractivity contribution in [1.29, 1.82) is 0 Å². The average Bonchev–Trinajstić information content (AvgIpc) is 2.34. The predicted octanol–water partition coefficient (Wildman–Crippen LogP) is 5.67. The topological polar surface area (TPSA) is 0 Å². The molecule has 0 amide bonds. The lowest BCUT2D eigenvalue weighted by Gasteiger charge is -2.41. The Balaban J connectivity index is 0.000000606. The molecule has 0 saturated heterocycles. The first-order valence-corrected chi connectivity index (χ1v) is 7.79. The van der Waals surface area contributed by atoms with E-state index in [9.17, 15) is 0 Å². The van der Waals surface area contributed by atoms with Crippen LogP contribution >= 0.6 is 0 Å². The van der Waals surface area contributed by atoms with Crippen LogP contribution in [0.3, 0.4) is 0 Å². The molecular weight excluding hydrogens is 192 g/mol. The number of hydrogen-bond acceptors (Lipinski definition) is 0. The van der Waals surface area contributed by atoms with E-state index in [4.69, 9.17) is 0 Å². The fourth-order valence-electron chi connectivity index (χ4n) is 3.96. The quantitative estimate of drug-likeness (QED) is 0.538. The minimum atomic E-state index is 1.02. The Labute approximate surface area is 103 Å². The molecular formula is C16H32. The lowest BCUT2D eigenvalue weighted by Crippen LogP contribution is -2.31. The van der Waals surface area contributed by atoms with E-state index in [2.05, 4.69) is 13.8 Å². The maximum Gasteiger partial charge on any atom is -0.0358 e. The molecule has 2 aliphatic carbocycles. The molecule has 0 aliphatic heterocycles. The van der Waals surface area contributed by atoms with Gasteiger partial charge in [0, 0.05) is 0 Å². The van der Waals surface area contributed by atoms with Crippen LogP contribution in [0.25, 0.3) is 0 Å². The van der Waals surface area contributed by atoms with Gasteiger partial charge in [-0.15, -0.1) is 0 Å². The molecule has 0 N–H and O–H groups in total. The zero-order valence-electron chi connectivity index (χ0n) is 12.0. The molecule has 4 atom stereocenters. The molecule has 0 spiro atoms. The van der Waals surface area contributed by atoms with E-state index in [1.54, 1.807) is 0 Å². The Kier molecular flexibility index (Phi) is 6.46. The summed E-state index contributed by atoms with van der Waals surface area (Å²) in [5.41, 5.74) is 0. The molecule has 4 unspecified atom stereocenters. The van der Waals surface area contributed by atoms with Gasteiger partial charge in [-0.05, 0) is 36.5 Å². The maximum atomic E-state index is 2.51. The van der Waals surface area contributed by atoms with Crippen molar-refractivity contribution in [1.82, 2.24) is 0 Å². The predicted molar refractivity (Wildman–Crippen MR) is 73.6 cm³/mol. The van der Waals surface area contributed by atoms with Crippen LogP contribution in [0.1, 0.15) is 79.1 Å². The van der Waals surface area contributed by atoms with Gasteiger partial charge in [0.15, 0.2) is 0 Å². The van der Waals surface area contributed by atoms with Gasteiger partial charge in [0.05, 0.1) is 0 Å². The second kappa shape index (κ2) is 7.35. The van der Waals surface area contributed by atoms with Gasteiger partial charge in [-0.1, -0.05) is 66.2 Å². The first-order valence-electron chi connectivity index (χ1n) is 7.79. The van der Waals surface area contributed by atoms with Gasteiger partial charge in [0.2, 0.25) is 0 Å². The zero-order chi connectivity index (χ0) is 12.0. The van der Waals surface area contributed by atoms with Crippen molar-refractivity contribution in [3.63, 3.8) is 0 Å². The number of rotatable bonds is 1. The highest BCUT2D eigenvalue weighted by Crippen LogP contribution is 2.43. The minimum Gasteiger partial charge on any atom is -0.0683 e. The van der Waals surface area contributed by atoms with Gasteiger partial charge in [-0.25, -0.2) is 0 Å². The molecule has 0 aromatic rings. The van der Waals surface area contributed by atoms with Crippen molar-refractivity contribution in [2.75, 3.05) is 0 Å². The highest BCUT2D eigenvalue weighted by molar-refractivity contribution is 4.83.